The van der Waals surface area contributed by atoms with Crippen LogP contribution in [0.15, 0.2) is 60.7 Å². The number of alkyl halides is 2. The Morgan fingerprint density at radius 2 is 1.27 bits per heavy atom. The lowest BCUT2D eigenvalue weighted by molar-refractivity contribution is 0.211. The molecule has 0 unspecified atom stereocenters. The highest BCUT2D eigenvalue weighted by atomic mass is 79.9. The van der Waals surface area contributed by atoms with Gasteiger partial charge in [0.2, 0.25) is 0 Å². The molecule has 2 aromatic carbocycles. The summed E-state index contributed by atoms with van der Waals surface area (Å²) in [4.78, 5) is 2.55. The summed E-state index contributed by atoms with van der Waals surface area (Å²) in [7, 11) is 0. The maximum absolute atomic E-state index is 3.80. The molecule has 1 fully saturated rings. The van der Waals surface area contributed by atoms with Crippen LogP contribution in [-0.4, -0.2) is 14.7 Å². The Morgan fingerprint density at radius 3 is 1.64 bits per heavy atom. The minimum absolute atomic E-state index is 0.110. The second kappa shape index (κ2) is 6.46. The molecule has 0 amide bonds. The normalized spacial score (nSPS) is 22.7. The fourth-order valence-electron chi connectivity index (χ4n) is 2.96. The summed E-state index contributed by atoms with van der Waals surface area (Å²) in [5, 5.41) is 0. The molecule has 1 nitrogen and oxygen atoms in total. The van der Waals surface area contributed by atoms with Crippen LogP contribution in [0, 0.1) is 5.41 Å². The standard InChI is InChI=1S/C19H21Br2N/c1-18(14-19(18,20)21)15-22(12-16-8-4-2-5-9-16)13-17-10-6-3-7-11-17/h2-11H,12-15H2,1H3/t18-/m0/s1. The third-order valence-corrected chi connectivity index (χ3v) is 6.92. The van der Waals surface area contributed by atoms with Gasteiger partial charge in [0, 0.05) is 25.0 Å². The molecule has 0 spiro atoms. The van der Waals surface area contributed by atoms with Gasteiger partial charge in [-0.15, -0.1) is 0 Å². The lowest BCUT2D eigenvalue weighted by Crippen LogP contribution is -2.30. The molecule has 0 heterocycles. The molecular weight excluding hydrogens is 402 g/mol. The van der Waals surface area contributed by atoms with E-state index >= 15 is 0 Å². The number of hydrogen-bond acceptors (Lipinski definition) is 1. The number of hydrogen-bond donors (Lipinski definition) is 0. The molecule has 0 N–H and O–H groups in total. The first-order chi connectivity index (χ1) is 10.5. The van der Waals surface area contributed by atoms with Crippen LogP contribution in [0.4, 0.5) is 0 Å². The second-order valence-electron chi connectivity index (χ2n) is 6.56. The van der Waals surface area contributed by atoms with Crippen LogP contribution in [0.2, 0.25) is 0 Å². The van der Waals surface area contributed by atoms with E-state index in [9.17, 15) is 0 Å². The first-order valence-electron chi connectivity index (χ1n) is 7.67. The number of rotatable bonds is 6. The van der Waals surface area contributed by atoms with Crippen molar-refractivity contribution >= 4 is 31.9 Å². The topological polar surface area (TPSA) is 3.24 Å². The first-order valence-corrected chi connectivity index (χ1v) is 9.25. The summed E-state index contributed by atoms with van der Waals surface area (Å²) in [6.07, 6.45) is 1.17. The van der Waals surface area contributed by atoms with Crippen LogP contribution in [0.1, 0.15) is 24.5 Å². The van der Waals surface area contributed by atoms with E-state index in [2.05, 4.69) is 104 Å². The Bertz CT molecular complexity index is 570. The third kappa shape index (κ3) is 3.81. The van der Waals surface area contributed by atoms with Gasteiger partial charge in [0.1, 0.15) is 0 Å². The number of halogens is 2. The van der Waals surface area contributed by atoms with Gasteiger partial charge in [0.25, 0.3) is 0 Å². The van der Waals surface area contributed by atoms with Gasteiger partial charge in [0.15, 0.2) is 0 Å². The lowest BCUT2D eigenvalue weighted by atomic mass is 10.1. The molecule has 2 aromatic rings. The molecule has 0 aliphatic heterocycles. The van der Waals surface area contributed by atoms with Crippen LogP contribution in [0.25, 0.3) is 0 Å². The smallest absolute Gasteiger partial charge is 0.0878 e. The molecule has 22 heavy (non-hydrogen) atoms. The van der Waals surface area contributed by atoms with Crippen molar-refractivity contribution in [1.29, 1.82) is 0 Å². The van der Waals surface area contributed by atoms with E-state index in [4.69, 9.17) is 0 Å². The minimum atomic E-state index is 0.110. The molecule has 3 heteroatoms. The van der Waals surface area contributed by atoms with Gasteiger partial charge in [-0.3, -0.25) is 4.90 Å². The van der Waals surface area contributed by atoms with Crippen LogP contribution >= 0.6 is 31.9 Å². The molecule has 1 aliphatic rings. The van der Waals surface area contributed by atoms with Gasteiger partial charge in [0.05, 0.1) is 3.23 Å². The summed E-state index contributed by atoms with van der Waals surface area (Å²) >= 11 is 7.60. The molecule has 116 valence electrons. The van der Waals surface area contributed by atoms with Crippen LogP contribution in [0.5, 0.6) is 0 Å². The average molecular weight is 423 g/mol. The first kappa shape index (κ1) is 16.2. The second-order valence-corrected chi connectivity index (χ2v) is 10.3. The zero-order valence-electron chi connectivity index (χ0n) is 12.8. The summed E-state index contributed by atoms with van der Waals surface area (Å²) in [6, 6.07) is 21.5. The highest BCUT2D eigenvalue weighted by molar-refractivity contribution is 9.25. The average Bonchev–Trinajstić information content (AvgIpc) is 2.98. The molecule has 0 saturated heterocycles. The Balaban J connectivity index is 1.73. The van der Waals surface area contributed by atoms with Crippen molar-refractivity contribution in [1.82, 2.24) is 4.90 Å². The minimum Gasteiger partial charge on any atom is -0.294 e. The van der Waals surface area contributed by atoms with E-state index < -0.39 is 0 Å². The maximum Gasteiger partial charge on any atom is 0.0878 e. The van der Waals surface area contributed by atoms with Crippen LogP contribution in [-0.2, 0) is 13.1 Å². The van der Waals surface area contributed by atoms with Crippen molar-refractivity contribution in [2.24, 2.45) is 5.41 Å². The van der Waals surface area contributed by atoms with Crippen LogP contribution in [0.3, 0.4) is 0 Å². The van der Waals surface area contributed by atoms with Crippen molar-refractivity contribution in [2.75, 3.05) is 6.54 Å². The number of nitrogens with zero attached hydrogens (tertiary/aromatic N) is 1. The fraction of sp³-hybridized carbons (Fsp3) is 0.368. The van der Waals surface area contributed by atoms with E-state index in [1.54, 1.807) is 0 Å². The van der Waals surface area contributed by atoms with Crippen molar-refractivity contribution in [3.63, 3.8) is 0 Å². The molecule has 1 saturated carbocycles. The molecule has 1 atom stereocenters. The van der Waals surface area contributed by atoms with Gasteiger partial charge in [-0.1, -0.05) is 99.4 Å². The highest BCUT2D eigenvalue weighted by Crippen LogP contribution is 2.66. The van der Waals surface area contributed by atoms with E-state index in [0.29, 0.717) is 0 Å². The SMILES string of the molecule is C[C@@]1(CN(Cc2ccccc2)Cc2ccccc2)CC1(Br)Br. The molecular formula is C19H21Br2N. The predicted octanol–water partition coefficient (Wildman–Crippen LogP) is 5.58. The Hall–Kier alpha value is -0.640. The van der Waals surface area contributed by atoms with Gasteiger partial charge in [-0.05, 0) is 17.5 Å². The Kier molecular flexibility index (Phi) is 4.77. The van der Waals surface area contributed by atoms with E-state index in [0.717, 1.165) is 19.6 Å². The van der Waals surface area contributed by atoms with E-state index in [-0.39, 0.29) is 8.65 Å². The molecule has 0 radical (unpaired) electrons. The fourth-order valence-corrected chi connectivity index (χ4v) is 4.45. The highest BCUT2D eigenvalue weighted by Gasteiger charge is 2.61. The van der Waals surface area contributed by atoms with Crippen molar-refractivity contribution in [3.05, 3.63) is 71.8 Å². The summed E-state index contributed by atoms with van der Waals surface area (Å²) in [5.41, 5.74) is 3.03. The zero-order chi connectivity index (χ0) is 15.6. The van der Waals surface area contributed by atoms with E-state index in [1.807, 2.05) is 0 Å². The molecule has 3 rings (SSSR count). The summed E-state index contributed by atoms with van der Waals surface area (Å²) in [5.74, 6) is 0. The van der Waals surface area contributed by atoms with Crippen molar-refractivity contribution in [2.45, 2.75) is 29.7 Å². The quantitative estimate of drug-likeness (QED) is 0.548. The molecule has 1 aliphatic carbocycles. The Morgan fingerprint density at radius 1 is 0.864 bits per heavy atom. The lowest BCUT2D eigenvalue weighted by Gasteiger charge is -2.27. The molecule has 0 aromatic heterocycles. The van der Waals surface area contributed by atoms with Crippen LogP contribution < -0.4 is 0 Å². The van der Waals surface area contributed by atoms with Gasteiger partial charge in [-0.25, -0.2) is 0 Å². The largest absolute Gasteiger partial charge is 0.294 e. The summed E-state index contributed by atoms with van der Waals surface area (Å²) in [6.45, 7) is 5.40. The third-order valence-electron chi connectivity index (χ3n) is 4.44. The molecule has 0 bridgehead atoms. The summed E-state index contributed by atoms with van der Waals surface area (Å²) < 4.78 is 0.110. The Labute approximate surface area is 150 Å². The zero-order valence-corrected chi connectivity index (χ0v) is 16.0. The van der Waals surface area contributed by atoms with Gasteiger partial charge < -0.3 is 0 Å². The monoisotopic (exact) mass is 421 g/mol. The van der Waals surface area contributed by atoms with Gasteiger partial charge in [-0.2, -0.15) is 0 Å². The van der Waals surface area contributed by atoms with E-state index in [1.165, 1.54) is 17.5 Å². The van der Waals surface area contributed by atoms with Gasteiger partial charge >= 0.3 is 0 Å². The van der Waals surface area contributed by atoms with Crippen molar-refractivity contribution < 1.29 is 0 Å². The predicted molar refractivity (Wildman–Crippen MR) is 100 cm³/mol. The number of benzene rings is 2. The maximum atomic E-state index is 3.80. The van der Waals surface area contributed by atoms with Crippen molar-refractivity contribution in [3.8, 4) is 0 Å².